The second-order valence-electron chi connectivity index (χ2n) is 3.94. The Morgan fingerprint density at radius 1 is 1.28 bits per heavy atom. The van der Waals surface area contributed by atoms with Crippen molar-refractivity contribution in [1.29, 1.82) is 0 Å². The second kappa shape index (κ2) is 4.83. The minimum atomic E-state index is -0.485. The molecule has 0 aliphatic carbocycles. The van der Waals surface area contributed by atoms with E-state index in [1.807, 2.05) is 6.07 Å². The molecular weight excluding hydrogens is 232 g/mol. The molecule has 1 aromatic carbocycles. The van der Waals surface area contributed by atoms with Crippen LogP contribution in [-0.2, 0) is 0 Å². The van der Waals surface area contributed by atoms with Gasteiger partial charge in [-0.3, -0.25) is 4.79 Å². The minimum absolute atomic E-state index is 0.302. The third-order valence-corrected chi connectivity index (χ3v) is 2.39. The number of hydrogen-bond acceptors (Lipinski definition) is 4. The fourth-order valence-electron chi connectivity index (χ4n) is 1.47. The van der Waals surface area contributed by atoms with Gasteiger partial charge >= 0.3 is 6.09 Å². The van der Waals surface area contributed by atoms with Gasteiger partial charge in [-0.2, -0.15) is 0 Å². The number of nitrogens with zero attached hydrogens (tertiary/aromatic N) is 2. The fourth-order valence-corrected chi connectivity index (χ4v) is 1.47. The average Bonchev–Trinajstić information content (AvgIpc) is 2.38. The molecule has 5 nitrogen and oxygen atoms in total. The van der Waals surface area contributed by atoms with Gasteiger partial charge in [0.2, 0.25) is 0 Å². The minimum Gasteiger partial charge on any atom is -0.408 e. The van der Waals surface area contributed by atoms with Crippen LogP contribution in [0.4, 0.5) is 4.79 Å². The van der Waals surface area contributed by atoms with Crippen molar-refractivity contribution >= 4 is 23.3 Å². The van der Waals surface area contributed by atoms with E-state index in [0.29, 0.717) is 23.2 Å². The number of benzene rings is 1. The molecule has 0 aliphatic heterocycles. The Labute approximate surface area is 104 Å². The van der Waals surface area contributed by atoms with E-state index in [2.05, 4.69) is 4.98 Å². The lowest BCUT2D eigenvalue weighted by Gasteiger charge is -2.11. The van der Waals surface area contributed by atoms with Crippen LogP contribution in [0.5, 0.6) is 5.75 Å². The quantitative estimate of drug-likeness (QED) is 0.759. The van der Waals surface area contributed by atoms with Crippen LogP contribution in [-0.4, -0.2) is 36.4 Å². The first-order valence-electron chi connectivity index (χ1n) is 5.36. The number of ether oxygens (including phenoxy) is 1. The van der Waals surface area contributed by atoms with Crippen molar-refractivity contribution in [2.24, 2.45) is 0 Å². The molecule has 0 spiro atoms. The maximum atomic E-state index is 11.5. The summed E-state index contributed by atoms with van der Waals surface area (Å²) in [5.41, 5.74) is 0.799. The Hall–Kier alpha value is -2.43. The summed E-state index contributed by atoms with van der Waals surface area (Å²) in [6.07, 6.45) is 0.171. The van der Waals surface area contributed by atoms with Crippen LogP contribution in [0.1, 0.15) is 10.5 Å². The third kappa shape index (κ3) is 2.29. The van der Waals surface area contributed by atoms with Gasteiger partial charge in [-0.1, -0.05) is 18.2 Å². The number of pyridine rings is 1. The van der Waals surface area contributed by atoms with Gasteiger partial charge in [-0.25, -0.2) is 9.78 Å². The lowest BCUT2D eigenvalue weighted by molar-refractivity contribution is 0.111. The number of rotatable bonds is 2. The van der Waals surface area contributed by atoms with Gasteiger partial charge in [0, 0.05) is 19.5 Å². The molecule has 0 aliphatic rings. The number of carbonyl (C=O) groups excluding carboxylic acids is 2. The summed E-state index contributed by atoms with van der Waals surface area (Å²) in [5, 5.41) is 0.810. The standard InChI is InChI=1S/C13H12N2O3/c1-15(2)13(17)18-11-5-3-4-9-6-7-10(8-16)14-12(9)11/h3-8H,1-2H3. The van der Waals surface area contributed by atoms with E-state index in [0.717, 1.165) is 5.39 Å². The van der Waals surface area contributed by atoms with Crippen LogP contribution in [0, 0.1) is 0 Å². The predicted octanol–water partition coefficient (Wildman–Crippen LogP) is 2.11. The Morgan fingerprint density at radius 2 is 2.06 bits per heavy atom. The van der Waals surface area contributed by atoms with E-state index in [-0.39, 0.29) is 0 Å². The molecule has 1 aromatic heterocycles. The van der Waals surface area contributed by atoms with Crippen molar-refractivity contribution in [2.45, 2.75) is 0 Å². The van der Waals surface area contributed by atoms with Crippen LogP contribution in [0.2, 0.25) is 0 Å². The van der Waals surface area contributed by atoms with Crippen LogP contribution >= 0.6 is 0 Å². The molecule has 0 atom stereocenters. The number of hydrogen-bond donors (Lipinski definition) is 0. The Balaban J connectivity index is 2.49. The molecule has 5 heteroatoms. The summed E-state index contributed by atoms with van der Waals surface area (Å²) >= 11 is 0. The third-order valence-electron chi connectivity index (χ3n) is 2.39. The lowest BCUT2D eigenvalue weighted by Crippen LogP contribution is -2.25. The van der Waals surface area contributed by atoms with Gasteiger partial charge in [0.15, 0.2) is 12.0 Å². The highest BCUT2D eigenvalue weighted by atomic mass is 16.6. The van der Waals surface area contributed by atoms with Gasteiger partial charge in [0.1, 0.15) is 11.2 Å². The van der Waals surface area contributed by atoms with Crippen LogP contribution < -0.4 is 4.74 Å². The van der Waals surface area contributed by atoms with E-state index >= 15 is 0 Å². The van der Waals surface area contributed by atoms with Crippen molar-refractivity contribution in [3.8, 4) is 5.75 Å². The molecule has 1 heterocycles. The maximum absolute atomic E-state index is 11.5. The summed E-state index contributed by atoms with van der Waals surface area (Å²) in [7, 11) is 3.19. The largest absolute Gasteiger partial charge is 0.414 e. The Morgan fingerprint density at radius 3 is 2.72 bits per heavy atom. The number of fused-ring (bicyclic) bond motifs is 1. The predicted molar refractivity (Wildman–Crippen MR) is 66.8 cm³/mol. The molecule has 0 N–H and O–H groups in total. The second-order valence-corrected chi connectivity index (χ2v) is 3.94. The summed E-state index contributed by atoms with van der Waals surface area (Å²) < 4.78 is 5.20. The molecule has 0 radical (unpaired) electrons. The fraction of sp³-hybridized carbons (Fsp3) is 0.154. The Bertz CT molecular complexity index is 608. The molecule has 2 rings (SSSR count). The van der Waals surface area contributed by atoms with Gasteiger partial charge in [-0.05, 0) is 12.1 Å². The molecule has 2 aromatic rings. The molecule has 92 valence electrons. The topological polar surface area (TPSA) is 59.5 Å². The van der Waals surface area contributed by atoms with Crippen molar-refractivity contribution in [3.63, 3.8) is 0 Å². The highest BCUT2D eigenvalue weighted by molar-refractivity contribution is 5.89. The molecule has 1 amide bonds. The molecule has 18 heavy (non-hydrogen) atoms. The zero-order valence-electron chi connectivity index (χ0n) is 10.1. The van der Waals surface area contributed by atoms with Crippen molar-refractivity contribution in [3.05, 3.63) is 36.0 Å². The summed E-state index contributed by atoms with van der Waals surface area (Å²) in [6, 6.07) is 8.63. The smallest absolute Gasteiger partial charge is 0.408 e. The van der Waals surface area contributed by atoms with Gasteiger partial charge in [0.25, 0.3) is 0 Å². The first-order chi connectivity index (χ1) is 8.61. The van der Waals surface area contributed by atoms with Crippen molar-refractivity contribution in [1.82, 2.24) is 9.88 Å². The van der Waals surface area contributed by atoms with Crippen LogP contribution in [0.25, 0.3) is 10.9 Å². The van der Waals surface area contributed by atoms with E-state index < -0.39 is 6.09 Å². The average molecular weight is 244 g/mol. The number of para-hydroxylation sites is 1. The number of amides is 1. The van der Waals surface area contributed by atoms with E-state index in [1.165, 1.54) is 4.90 Å². The zero-order valence-corrected chi connectivity index (χ0v) is 10.1. The van der Waals surface area contributed by atoms with Crippen molar-refractivity contribution < 1.29 is 14.3 Å². The summed E-state index contributed by atoms with van der Waals surface area (Å²) in [5.74, 6) is 0.342. The highest BCUT2D eigenvalue weighted by Crippen LogP contribution is 2.24. The van der Waals surface area contributed by atoms with E-state index in [9.17, 15) is 9.59 Å². The van der Waals surface area contributed by atoms with E-state index in [4.69, 9.17) is 4.74 Å². The maximum Gasteiger partial charge on any atom is 0.414 e. The van der Waals surface area contributed by atoms with Gasteiger partial charge in [-0.15, -0.1) is 0 Å². The van der Waals surface area contributed by atoms with Gasteiger partial charge in [0.05, 0.1) is 0 Å². The first kappa shape index (κ1) is 12.0. The Kier molecular flexibility index (Phi) is 3.23. The lowest BCUT2D eigenvalue weighted by atomic mass is 10.2. The molecule has 0 fully saturated rings. The zero-order chi connectivity index (χ0) is 13.1. The van der Waals surface area contributed by atoms with Crippen LogP contribution in [0.3, 0.4) is 0 Å². The molecule has 0 bridgehead atoms. The molecule has 0 unspecified atom stereocenters. The number of carbonyl (C=O) groups is 2. The van der Waals surface area contributed by atoms with Gasteiger partial charge < -0.3 is 9.64 Å². The number of aromatic nitrogens is 1. The SMILES string of the molecule is CN(C)C(=O)Oc1cccc2ccc(C=O)nc12. The first-order valence-corrected chi connectivity index (χ1v) is 5.36. The summed E-state index contributed by atoms with van der Waals surface area (Å²) in [6.45, 7) is 0. The highest BCUT2D eigenvalue weighted by Gasteiger charge is 2.11. The molecular formula is C13H12N2O3. The molecule has 0 saturated heterocycles. The van der Waals surface area contributed by atoms with Crippen LogP contribution in [0.15, 0.2) is 30.3 Å². The van der Waals surface area contributed by atoms with Crippen molar-refractivity contribution in [2.75, 3.05) is 14.1 Å². The normalized spacial score (nSPS) is 10.1. The monoisotopic (exact) mass is 244 g/mol. The van der Waals surface area contributed by atoms with E-state index in [1.54, 1.807) is 38.4 Å². The number of aldehydes is 1. The molecule has 0 saturated carbocycles. The summed E-state index contributed by atoms with van der Waals surface area (Å²) in [4.78, 5) is 27.7.